The van der Waals surface area contributed by atoms with Crippen molar-refractivity contribution in [2.24, 2.45) is 23.7 Å². The molecule has 142 heavy (non-hydrogen) atoms. The van der Waals surface area contributed by atoms with Crippen LogP contribution in [-0.4, -0.2) is 284 Å². The smallest absolute Gasteiger partial charge is 0.143 e. The van der Waals surface area contributed by atoms with Crippen molar-refractivity contribution >= 4 is 43.6 Å². The summed E-state index contributed by atoms with van der Waals surface area (Å²) in [6.45, 7) is 36.4. The van der Waals surface area contributed by atoms with Gasteiger partial charge in [0.05, 0.1) is 50.6 Å². The zero-order valence-electron chi connectivity index (χ0n) is 85.1. The van der Waals surface area contributed by atoms with E-state index in [0.717, 1.165) is 191 Å². The number of ether oxygens (including phenoxy) is 4. The molecule has 4 saturated heterocycles. The standard InChI is InChI=1S/2C29H37F2N3O2.2C29H38FN3O2/c2*1-4-20-15-33(16-20)11-12-36-21-9-10-23(25(30)14-21)28-27-24(22-7-5-6-8-26(22)32-27)13-19(2)34(28)17-29(3,31)18-35;2*1-4-21-16-32(17-21)13-14-35-23-11-9-22(10-12-23)28-27-25(24-7-5-6-8-26(24)31-27)15-20(2)33(28)18-29(3,30)19-34/h2*5-10,14,19-20,28,32,35H,4,11-13,15-18H2,1-3H3;2*5-12,20-21,28,31,34H,4,13-19H2,1-3H3/t19-,28-,29+;19-,28-,29-;20-,28-,29+;20-,28-,29-/m1111/s1. The Morgan fingerprint density at radius 3 is 0.775 bits per heavy atom. The van der Waals surface area contributed by atoms with Gasteiger partial charge in [-0.05, 0) is 199 Å². The van der Waals surface area contributed by atoms with Gasteiger partial charge in [-0.15, -0.1) is 0 Å². The molecule has 0 amide bonds. The number of halogens is 6. The van der Waals surface area contributed by atoms with Crippen molar-refractivity contribution in [1.82, 2.24) is 59.1 Å². The largest absolute Gasteiger partial charge is 0.492 e. The van der Waals surface area contributed by atoms with Crippen molar-refractivity contribution in [3.63, 3.8) is 0 Å². The summed E-state index contributed by atoms with van der Waals surface area (Å²) >= 11 is 0. The molecule has 4 fully saturated rings. The van der Waals surface area contributed by atoms with Gasteiger partial charge in [-0.25, -0.2) is 26.3 Å². The van der Waals surface area contributed by atoms with Gasteiger partial charge in [-0.2, -0.15) is 0 Å². The Morgan fingerprint density at radius 2 is 0.535 bits per heavy atom. The molecule has 0 aliphatic carbocycles. The molecule has 0 bridgehead atoms. The summed E-state index contributed by atoms with van der Waals surface area (Å²) in [5.74, 6) is 5.25. The topological polar surface area (TPSA) is 207 Å². The van der Waals surface area contributed by atoms with Crippen LogP contribution in [-0.2, 0) is 25.7 Å². The number of rotatable bonds is 36. The molecule has 20 rings (SSSR count). The first-order chi connectivity index (χ1) is 68.3. The maximum Gasteiger partial charge on any atom is 0.143 e. The number of benzene rings is 8. The van der Waals surface area contributed by atoms with Gasteiger partial charge in [0.2, 0.25) is 0 Å². The molecule has 0 saturated carbocycles. The van der Waals surface area contributed by atoms with Crippen LogP contribution in [0.3, 0.4) is 0 Å². The molecule has 8 aromatic carbocycles. The van der Waals surface area contributed by atoms with E-state index in [9.17, 15) is 20.4 Å². The summed E-state index contributed by atoms with van der Waals surface area (Å²) in [7, 11) is 0. The van der Waals surface area contributed by atoms with E-state index in [1.54, 1.807) is 12.1 Å². The van der Waals surface area contributed by atoms with E-state index in [1.165, 1.54) is 114 Å². The highest BCUT2D eigenvalue weighted by Gasteiger charge is 2.47. The molecular formula is C116H150F6N12O8. The van der Waals surface area contributed by atoms with Crippen LogP contribution in [0.2, 0.25) is 0 Å². The summed E-state index contributed by atoms with van der Waals surface area (Å²) < 4.78 is 115. The molecular weight excluding hydrogens is 1800 g/mol. The van der Waals surface area contributed by atoms with Crippen LogP contribution >= 0.6 is 0 Å². The number of nitrogens with zero attached hydrogens (tertiary/aromatic N) is 8. The van der Waals surface area contributed by atoms with Crippen molar-refractivity contribution in [1.29, 1.82) is 0 Å². The van der Waals surface area contributed by atoms with E-state index in [1.807, 2.05) is 109 Å². The van der Waals surface area contributed by atoms with E-state index in [2.05, 4.69) is 164 Å². The summed E-state index contributed by atoms with van der Waals surface area (Å²) in [6, 6.07) is 58.4. The second-order valence-electron chi connectivity index (χ2n) is 43.1. The Labute approximate surface area is 834 Å². The minimum Gasteiger partial charge on any atom is -0.492 e. The van der Waals surface area contributed by atoms with Gasteiger partial charge in [0.15, 0.2) is 0 Å². The fourth-order valence-electron chi connectivity index (χ4n) is 22.9. The average molecular weight is 1950 g/mol. The zero-order valence-corrected chi connectivity index (χ0v) is 85.1. The number of fused-ring (bicyclic) bond motifs is 12. The van der Waals surface area contributed by atoms with E-state index < -0.39 is 61.2 Å². The fourth-order valence-corrected chi connectivity index (χ4v) is 22.9. The number of hydrogen-bond acceptors (Lipinski definition) is 16. The fraction of sp³-hybridized carbons (Fsp3) is 0.517. The van der Waals surface area contributed by atoms with E-state index in [4.69, 9.17) is 18.9 Å². The lowest BCUT2D eigenvalue weighted by atomic mass is 9.87. The van der Waals surface area contributed by atoms with Crippen LogP contribution in [0.5, 0.6) is 23.0 Å². The van der Waals surface area contributed by atoms with Gasteiger partial charge in [0.1, 0.15) is 83.7 Å². The Bertz CT molecular complexity index is 5790. The minimum atomic E-state index is -1.80. The maximum atomic E-state index is 15.7. The normalized spacial score (nSPS) is 23.0. The first-order valence-electron chi connectivity index (χ1n) is 52.1. The van der Waals surface area contributed by atoms with Crippen molar-refractivity contribution < 1.29 is 65.7 Å². The molecule has 0 unspecified atom stereocenters. The third-order valence-corrected chi connectivity index (χ3v) is 31.5. The van der Waals surface area contributed by atoms with Gasteiger partial charge in [0.25, 0.3) is 0 Å². The molecule has 764 valence electrons. The second-order valence-corrected chi connectivity index (χ2v) is 43.1. The van der Waals surface area contributed by atoms with Crippen LogP contribution in [0.15, 0.2) is 182 Å². The number of aliphatic hydroxyl groups excluding tert-OH is 4. The van der Waals surface area contributed by atoms with Gasteiger partial charge in [0, 0.05) is 219 Å². The van der Waals surface area contributed by atoms with Crippen LogP contribution in [0.4, 0.5) is 26.3 Å². The number of likely N-dealkylation sites (tertiary alicyclic amines) is 4. The lowest BCUT2D eigenvalue weighted by molar-refractivity contribution is 0.0168. The number of aromatic nitrogens is 4. The first kappa shape index (κ1) is 104. The number of para-hydroxylation sites is 4. The number of H-pyrrole nitrogens is 4. The summed E-state index contributed by atoms with van der Waals surface area (Å²) in [5.41, 5.74) is 9.30. The number of aromatic amines is 4. The molecule has 0 radical (unpaired) electrons. The Hall–Kier alpha value is -9.78. The summed E-state index contributed by atoms with van der Waals surface area (Å²) in [6.07, 6.45) is 8.05. The number of alkyl halides is 4. The molecule has 12 heterocycles. The number of hydrogen-bond donors (Lipinski definition) is 8. The highest BCUT2D eigenvalue weighted by atomic mass is 19.2. The van der Waals surface area contributed by atoms with Crippen LogP contribution in [0.1, 0.15) is 200 Å². The molecule has 12 aromatic rings. The van der Waals surface area contributed by atoms with E-state index in [-0.39, 0.29) is 74.1 Å². The Balaban J connectivity index is 0.000000130. The van der Waals surface area contributed by atoms with Crippen molar-refractivity contribution in [3.05, 3.63) is 261 Å². The SMILES string of the molecule is CCC1CN(CCOc2ccc([C@@H]3c4[nH]c5ccccc5c4C[C@@H](C)N3C[C@@](C)(F)CO)c(F)c2)C1.CCC1CN(CCOc2ccc([C@@H]3c4[nH]c5ccccc5c4C[C@@H](C)N3C[C@@](C)(F)CO)cc2)C1.CCC1CN(CCOc2ccc([C@@H]3c4[nH]c5ccccc5c4C[C@@H](C)N3C[C@](C)(F)CO)c(F)c2)C1.CCC1CN(CCOc2ccc([C@@H]3c4[nH]c5ccccc5c4C[C@@H](C)N3C[C@](C)(F)CO)cc2)C1. The minimum absolute atomic E-state index is 0.00355. The average Bonchev–Trinajstić information content (AvgIpc) is 1.61. The lowest BCUT2D eigenvalue weighted by Gasteiger charge is -2.43. The molecule has 8 N–H and O–H groups in total. The summed E-state index contributed by atoms with van der Waals surface area (Å²) in [5, 5.41) is 43.3. The summed E-state index contributed by atoms with van der Waals surface area (Å²) in [4.78, 5) is 32.2. The second kappa shape index (κ2) is 45.1. The monoisotopic (exact) mass is 1950 g/mol. The van der Waals surface area contributed by atoms with Crippen LogP contribution in [0, 0.1) is 35.3 Å². The van der Waals surface area contributed by atoms with Gasteiger partial charge < -0.3 is 59.3 Å². The molecule has 0 spiro atoms. The molecule has 20 nitrogen and oxygen atoms in total. The predicted octanol–water partition coefficient (Wildman–Crippen LogP) is 20.1. The number of nitrogens with one attached hydrogen (secondary N) is 4. The quantitative estimate of drug-likeness (QED) is 0.0172. The Morgan fingerprint density at radius 1 is 0.310 bits per heavy atom. The third-order valence-electron chi connectivity index (χ3n) is 31.5. The molecule has 26 heteroatoms. The number of aliphatic hydroxyl groups is 4. The van der Waals surface area contributed by atoms with Crippen LogP contribution < -0.4 is 18.9 Å². The van der Waals surface area contributed by atoms with E-state index in [0.29, 0.717) is 49.1 Å². The maximum absolute atomic E-state index is 15.7. The lowest BCUT2D eigenvalue weighted by Crippen LogP contribution is -2.49. The van der Waals surface area contributed by atoms with Crippen molar-refractivity contribution in [2.45, 2.75) is 205 Å². The molecule has 8 aliphatic heterocycles. The van der Waals surface area contributed by atoms with Gasteiger partial charge >= 0.3 is 0 Å². The molecule has 4 aromatic heterocycles. The van der Waals surface area contributed by atoms with Gasteiger partial charge in [-0.3, -0.25) is 39.2 Å². The Kier molecular flexibility index (Phi) is 32.9. The highest BCUT2D eigenvalue weighted by Crippen LogP contribution is 2.49. The van der Waals surface area contributed by atoms with Crippen molar-refractivity contribution in [2.75, 3.05) is 158 Å². The highest BCUT2D eigenvalue weighted by molar-refractivity contribution is 5.88. The van der Waals surface area contributed by atoms with E-state index >= 15 is 26.3 Å². The van der Waals surface area contributed by atoms with Gasteiger partial charge in [-0.1, -0.05) is 163 Å². The first-order valence-corrected chi connectivity index (χ1v) is 52.1. The molecule has 8 aliphatic rings. The van der Waals surface area contributed by atoms with Crippen molar-refractivity contribution in [3.8, 4) is 23.0 Å². The third kappa shape index (κ3) is 23.5. The zero-order chi connectivity index (χ0) is 100. The van der Waals surface area contributed by atoms with Crippen LogP contribution in [0.25, 0.3) is 43.6 Å². The predicted molar refractivity (Wildman–Crippen MR) is 555 cm³/mol. The molecule has 12 atom stereocenters.